The van der Waals surface area contributed by atoms with Crippen molar-refractivity contribution in [3.05, 3.63) is 30.1 Å². The molecular formula is C16H23N3O. The van der Waals surface area contributed by atoms with E-state index in [2.05, 4.69) is 16.0 Å². The number of nitrogens with one attached hydrogen (secondary N) is 1. The van der Waals surface area contributed by atoms with Crippen molar-refractivity contribution in [1.82, 2.24) is 14.9 Å². The maximum absolute atomic E-state index is 9.28. The van der Waals surface area contributed by atoms with Gasteiger partial charge < -0.3 is 15.0 Å². The molecule has 20 heavy (non-hydrogen) atoms. The lowest BCUT2D eigenvalue weighted by molar-refractivity contribution is 0.275. The SMILES string of the molecule is OCCn1c(CCC2CCCCN2)nc2ccccc21. The van der Waals surface area contributed by atoms with Crippen LogP contribution < -0.4 is 5.32 Å². The summed E-state index contributed by atoms with van der Waals surface area (Å²) in [5.41, 5.74) is 2.17. The summed E-state index contributed by atoms with van der Waals surface area (Å²) in [6.45, 7) is 1.95. The van der Waals surface area contributed by atoms with Gasteiger partial charge in [-0.1, -0.05) is 18.6 Å². The predicted octanol–water partition coefficient (Wildman–Crippen LogP) is 2.10. The number of hydrogen-bond acceptors (Lipinski definition) is 3. The summed E-state index contributed by atoms with van der Waals surface area (Å²) >= 11 is 0. The standard InChI is InChI=1S/C16H23N3O/c20-12-11-19-15-7-2-1-6-14(15)18-16(19)9-8-13-5-3-4-10-17-13/h1-2,6-7,13,17,20H,3-5,8-12H2. The van der Waals surface area contributed by atoms with Gasteiger partial charge in [0.25, 0.3) is 0 Å². The van der Waals surface area contributed by atoms with Crippen LogP contribution >= 0.6 is 0 Å². The Morgan fingerprint density at radius 2 is 2.20 bits per heavy atom. The van der Waals surface area contributed by atoms with Gasteiger partial charge in [0.1, 0.15) is 5.82 Å². The van der Waals surface area contributed by atoms with Crippen molar-refractivity contribution >= 4 is 11.0 Å². The van der Waals surface area contributed by atoms with Gasteiger partial charge in [0, 0.05) is 19.0 Å². The first-order valence-electron chi connectivity index (χ1n) is 7.67. The number of rotatable bonds is 5. The molecule has 0 saturated carbocycles. The minimum atomic E-state index is 0.162. The van der Waals surface area contributed by atoms with Crippen molar-refractivity contribution in [2.45, 2.75) is 44.7 Å². The Balaban J connectivity index is 1.77. The smallest absolute Gasteiger partial charge is 0.109 e. The van der Waals surface area contributed by atoms with E-state index in [-0.39, 0.29) is 6.61 Å². The van der Waals surface area contributed by atoms with Crippen LogP contribution in [-0.2, 0) is 13.0 Å². The second-order valence-corrected chi connectivity index (χ2v) is 5.58. The molecule has 0 amide bonds. The fourth-order valence-corrected chi connectivity index (χ4v) is 3.14. The molecule has 1 fully saturated rings. The first kappa shape index (κ1) is 13.6. The highest BCUT2D eigenvalue weighted by Crippen LogP contribution is 2.19. The number of aliphatic hydroxyl groups is 1. The van der Waals surface area contributed by atoms with E-state index in [1.165, 1.54) is 19.3 Å². The number of hydrogen-bond donors (Lipinski definition) is 2. The van der Waals surface area contributed by atoms with Gasteiger partial charge in [0.05, 0.1) is 17.6 Å². The average molecular weight is 273 g/mol. The molecule has 0 bridgehead atoms. The molecule has 3 rings (SSSR count). The maximum Gasteiger partial charge on any atom is 0.109 e. The molecule has 1 aromatic carbocycles. The molecule has 0 radical (unpaired) electrons. The second kappa shape index (κ2) is 6.37. The largest absolute Gasteiger partial charge is 0.395 e. The van der Waals surface area contributed by atoms with Crippen LogP contribution in [0.4, 0.5) is 0 Å². The number of aryl methyl sites for hydroxylation is 1. The van der Waals surface area contributed by atoms with Crippen LogP contribution in [0.2, 0.25) is 0 Å². The van der Waals surface area contributed by atoms with Crippen LogP contribution in [-0.4, -0.2) is 33.9 Å². The summed E-state index contributed by atoms with van der Waals surface area (Å²) in [4.78, 5) is 4.74. The molecule has 4 nitrogen and oxygen atoms in total. The van der Waals surface area contributed by atoms with E-state index in [1.807, 2.05) is 18.2 Å². The molecule has 1 aliphatic rings. The zero-order chi connectivity index (χ0) is 13.8. The van der Waals surface area contributed by atoms with Crippen LogP contribution in [0.25, 0.3) is 11.0 Å². The van der Waals surface area contributed by atoms with E-state index in [9.17, 15) is 5.11 Å². The van der Waals surface area contributed by atoms with Gasteiger partial charge in [-0.25, -0.2) is 4.98 Å². The Hall–Kier alpha value is -1.39. The summed E-state index contributed by atoms with van der Waals surface area (Å²) in [5, 5.41) is 12.9. The zero-order valence-corrected chi connectivity index (χ0v) is 11.9. The molecule has 2 aromatic rings. The van der Waals surface area contributed by atoms with Crippen molar-refractivity contribution in [3.8, 4) is 0 Å². The summed E-state index contributed by atoms with van der Waals surface area (Å²) in [6.07, 6.45) is 6.03. The summed E-state index contributed by atoms with van der Waals surface area (Å²) < 4.78 is 2.16. The topological polar surface area (TPSA) is 50.1 Å². The predicted molar refractivity (Wildman–Crippen MR) is 80.8 cm³/mol. The highest BCUT2D eigenvalue weighted by atomic mass is 16.3. The lowest BCUT2D eigenvalue weighted by Crippen LogP contribution is -2.34. The third-order valence-corrected chi connectivity index (χ3v) is 4.19. The quantitative estimate of drug-likeness (QED) is 0.877. The molecule has 1 unspecified atom stereocenters. The van der Waals surface area contributed by atoms with Crippen LogP contribution in [0.3, 0.4) is 0 Å². The van der Waals surface area contributed by atoms with E-state index in [1.54, 1.807) is 0 Å². The van der Waals surface area contributed by atoms with Gasteiger partial charge in [0.2, 0.25) is 0 Å². The van der Waals surface area contributed by atoms with Crippen molar-refractivity contribution in [3.63, 3.8) is 0 Å². The van der Waals surface area contributed by atoms with Gasteiger partial charge in [-0.3, -0.25) is 0 Å². The number of imidazole rings is 1. The number of piperidine rings is 1. The van der Waals surface area contributed by atoms with E-state index in [0.717, 1.165) is 36.2 Å². The summed E-state index contributed by atoms with van der Waals surface area (Å²) in [6, 6.07) is 8.81. The highest BCUT2D eigenvalue weighted by Gasteiger charge is 2.15. The number of benzene rings is 1. The Labute approximate surface area is 119 Å². The van der Waals surface area contributed by atoms with Crippen molar-refractivity contribution in [2.75, 3.05) is 13.2 Å². The molecule has 1 saturated heterocycles. The van der Waals surface area contributed by atoms with Crippen LogP contribution in [0, 0.1) is 0 Å². The number of aliphatic hydroxyl groups excluding tert-OH is 1. The molecule has 108 valence electrons. The summed E-state index contributed by atoms with van der Waals surface area (Å²) in [5.74, 6) is 1.10. The molecule has 2 heterocycles. The monoisotopic (exact) mass is 273 g/mol. The van der Waals surface area contributed by atoms with Gasteiger partial charge in [-0.05, 0) is 37.9 Å². The highest BCUT2D eigenvalue weighted by molar-refractivity contribution is 5.75. The van der Waals surface area contributed by atoms with Crippen molar-refractivity contribution < 1.29 is 5.11 Å². The number of aromatic nitrogens is 2. The Kier molecular flexibility index (Phi) is 4.33. The molecule has 4 heteroatoms. The van der Waals surface area contributed by atoms with Gasteiger partial charge in [-0.15, -0.1) is 0 Å². The normalized spacial score (nSPS) is 19.6. The third kappa shape index (κ3) is 2.86. The molecule has 0 spiro atoms. The van der Waals surface area contributed by atoms with E-state index in [4.69, 9.17) is 4.98 Å². The van der Waals surface area contributed by atoms with Crippen LogP contribution in [0.15, 0.2) is 24.3 Å². The fourth-order valence-electron chi connectivity index (χ4n) is 3.14. The maximum atomic E-state index is 9.28. The van der Waals surface area contributed by atoms with E-state index >= 15 is 0 Å². The number of fused-ring (bicyclic) bond motifs is 1. The minimum absolute atomic E-state index is 0.162. The Morgan fingerprint density at radius 3 is 3.00 bits per heavy atom. The molecule has 1 aliphatic heterocycles. The average Bonchev–Trinajstić information content (AvgIpc) is 2.85. The minimum Gasteiger partial charge on any atom is -0.395 e. The van der Waals surface area contributed by atoms with Gasteiger partial charge in [0.15, 0.2) is 0 Å². The van der Waals surface area contributed by atoms with Crippen LogP contribution in [0.1, 0.15) is 31.5 Å². The molecule has 1 aromatic heterocycles. The first-order valence-corrected chi connectivity index (χ1v) is 7.67. The van der Waals surface area contributed by atoms with Crippen molar-refractivity contribution in [2.24, 2.45) is 0 Å². The molecular weight excluding hydrogens is 250 g/mol. The molecule has 0 aliphatic carbocycles. The Morgan fingerprint density at radius 1 is 1.30 bits per heavy atom. The lowest BCUT2D eigenvalue weighted by Gasteiger charge is -2.23. The summed E-state index contributed by atoms with van der Waals surface area (Å²) in [7, 11) is 0. The van der Waals surface area contributed by atoms with Gasteiger partial charge in [-0.2, -0.15) is 0 Å². The second-order valence-electron chi connectivity index (χ2n) is 5.58. The fraction of sp³-hybridized carbons (Fsp3) is 0.562. The van der Waals surface area contributed by atoms with Crippen molar-refractivity contribution in [1.29, 1.82) is 0 Å². The zero-order valence-electron chi connectivity index (χ0n) is 11.9. The van der Waals surface area contributed by atoms with E-state index in [0.29, 0.717) is 12.6 Å². The number of nitrogens with zero attached hydrogens (tertiary/aromatic N) is 2. The molecule has 2 N–H and O–H groups in total. The van der Waals surface area contributed by atoms with Gasteiger partial charge >= 0.3 is 0 Å². The number of para-hydroxylation sites is 2. The first-order chi connectivity index (χ1) is 9.88. The third-order valence-electron chi connectivity index (χ3n) is 4.19. The van der Waals surface area contributed by atoms with Crippen LogP contribution in [0.5, 0.6) is 0 Å². The Bertz CT molecular complexity index is 558. The molecule has 1 atom stereocenters. The lowest BCUT2D eigenvalue weighted by atomic mass is 10.0. The van der Waals surface area contributed by atoms with E-state index < -0.39 is 0 Å².